The fraction of sp³-hybridized carbons (Fsp3) is 0.455. The maximum absolute atomic E-state index is 12.2. The number of aromatic nitrogens is 1. The summed E-state index contributed by atoms with van der Waals surface area (Å²) in [4.78, 5) is 20.8. The topological polar surface area (TPSA) is 45.7 Å². The van der Waals surface area contributed by atoms with E-state index in [1.807, 2.05) is 17.0 Å². The molecule has 28 heavy (non-hydrogen) atoms. The van der Waals surface area contributed by atoms with Crippen molar-refractivity contribution in [2.75, 3.05) is 32.8 Å². The zero-order valence-electron chi connectivity index (χ0n) is 16.4. The van der Waals surface area contributed by atoms with Crippen LogP contribution in [0.4, 0.5) is 0 Å². The first-order valence-corrected chi connectivity index (χ1v) is 10.3. The number of amides is 1. The molecule has 5 nitrogen and oxygen atoms in total. The molecule has 1 amide bonds. The molecule has 1 aliphatic rings. The van der Waals surface area contributed by atoms with E-state index in [-0.39, 0.29) is 18.6 Å². The second kappa shape index (κ2) is 10.6. The molecule has 2 aromatic rings. The van der Waals surface area contributed by atoms with Crippen LogP contribution in [-0.4, -0.2) is 59.6 Å². The molecule has 0 radical (unpaired) electrons. The summed E-state index contributed by atoms with van der Waals surface area (Å²) in [5.41, 5.74) is 2.21. The van der Waals surface area contributed by atoms with Crippen LogP contribution in [0.1, 0.15) is 24.6 Å². The van der Waals surface area contributed by atoms with E-state index < -0.39 is 0 Å². The van der Waals surface area contributed by atoms with E-state index in [1.165, 1.54) is 5.56 Å². The van der Waals surface area contributed by atoms with Crippen molar-refractivity contribution in [2.24, 2.45) is 0 Å². The van der Waals surface area contributed by atoms with Gasteiger partial charge in [-0.05, 0) is 37.1 Å². The smallest absolute Gasteiger partial charge is 0.249 e. The van der Waals surface area contributed by atoms with Gasteiger partial charge in [0, 0.05) is 25.8 Å². The third-order valence-corrected chi connectivity index (χ3v) is 5.36. The van der Waals surface area contributed by atoms with E-state index in [2.05, 4.69) is 41.1 Å². The standard InChI is InChI=1S/C22H28ClN3O2/c1-2-25(12-10-18-6-4-3-5-7-18)13-11-21-16-26(22(27)17-28-21)15-20-9-8-19(23)14-24-20/h3-9,14,21H,2,10-13,15-17H2,1H3. The average Bonchev–Trinajstić information content (AvgIpc) is 2.73. The van der Waals surface area contributed by atoms with Crippen molar-refractivity contribution < 1.29 is 9.53 Å². The van der Waals surface area contributed by atoms with Gasteiger partial charge in [-0.25, -0.2) is 0 Å². The van der Waals surface area contributed by atoms with Gasteiger partial charge in [-0.1, -0.05) is 48.9 Å². The second-order valence-corrected chi connectivity index (χ2v) is 7.57. The minimum absolute atomic E-state index is 0.0180. The molecule has 0 aliphatic carbocycles. The number of morpholine rings is 1. The quantitative estimate of drug-likeness (QED) is 0.646. The predicted octanol–water partition coefficient (Wildman–Crippen LogP) is 3.42. The van der Waals surface area contributed by atoms with Crippen molar-refractivity contribution in [2.45, 2.75) is 32.4 Å². The summed E-state index contributed by atoms with van der Waals surface area (Å²) in [5, 5.41) is 0.602. The Morgan fingerprint density at radius 3 is 2.75 bits per heavy atom. The highest BCUT2D eigenvalue weighted by atomic mass is 35.5. The monoisotopic (exact) mass is 401 g/mol. The van der Waals surface area contributed by atoms with Gasteiger partial charge in [0.15, 0.2) is 0 Å². The maximum Gasteiger partial charge on any atom is 0.249 e. The number of benzene rings is 1. The third-order valence-electron chi connectivity index (χ3n) is 5.13. The summed E-state index contributed by atoms with van der Waals surface area (Å²) < 4.78 is 5.78. The lowest BCUT2D eigenvalue weighted by Crippen LogP contribution is -2.47. The molecule has 1 fully saturated rings. The number of hydrogen-bond donors (Lipinski definition) is 0. The van der Waals surface area contributed by atoms with Crippen molar-refractivity contribution in [1.29, 1.82) is 0 Å². The largest absolute Gasteiger partial charge is 0.367 e. The van der Waals surface area contributed by atoms with Gasteiger partial charge in [-0.2, -0.15) is 0 Å². The Labute approximate surface area is 172 Å². The fourth-order valence-electron chi connectivity index (χ4n) is 3.39. The van der Waals surface area contributed by atoms with Crippen molar-refractivity contribution in [1.82, 2.24) is 14.8 Å². The Morgan fingerprint density at radius 1 is 1.21 bits per heavy atom. The van der Waals surface area contributed by atoms with Gasteiger partial charge in [0.05, 0.1) is 23.4 Å². The highest BCUT2D eigenvalue weighted by Gasteiger charge is 2.26. The Kier molecular flexibility index (Phi) is 7.83. The number of rotatable bonds is 9. The van der Waals surface area contributed by atoms with Crippen molar-refractivity contribution in [3.8, 4) is 0 Å². The molecule has 2 heterocycles. The van der Waals surface area contributed by atoms with Crippen molar-refractivity contribution in [3.05, 3.63) is 64.9 Å². The maximum atomic E-state index is 12.2. The van der Waals surface area contributed by atoms with Crippen LogP contribution in [-0.2, 0) is 22.5 Å². The van der Waals surface area contributed by atoms with Crippen LogP contribution in [0.15, 0.2) is 48.7 Å². The van der Waals surface area contributed by atoms with Crippen molar-refractivity contribution >= 4 is 17.5 Å². The van der Waals surface area contributed by atoms with E-state index in [9.17, 15) is 4.79 Å². The van der Waals surface area contributed by atoms with Gasteiger partial charge in [0.25, 0.3) is 0 Å². The fourth-order valence-corrected chi connectivity index (χ4v) is 3.50. The summed E-state index contributed by atoms with van der Waals surface area (Å²) in [6.07, 6.45) is 3.65. The molecular weight excluding hydrogens is 374 g/mol. The summed E-state index contributed by atoms with van der Waals surface area (Å²) in [6.45, 7) is 6.46. The Morgan fingerprint density at radius 2 is 2.04 bits per heavy atom. The molecule has 1 saturated heterocycles. The number of nitrogens with zero attached hydrogens (tertiary/aromatic N) is 3. The molecule has 6 heteroatoms. The first-order chi connectivity index (χ1) is 13.6. The summed E-state index contributed by atoms with van der Waals surface area (Å²) in [6, 6.07) is 14.2. The molecule has 0 N–H and O–H groups in total. The molecule has 1 atom stereocenters. The molecule has 0 saturated carbocycles. The molecule has 150 valence electrons. The predicted molar refractivity (Wildman–Crippen MR) is 111 cm³/mol. The number of carbonyl (C=O) groups is 1. The third kappa shape index (κ3) is 6.30. The Bertz CT molecular complexity index is 739. The van der Waals surface area contributed by atoms with Crippen LogP contribution in [0, 0.1) is 0 Å². The van der Waals surface area contributed by atoms with E-state index in [4.69, 9.17) is 16.3 Å². The minimum Gasteiger partial charge on any atom is -0.367 e. The molecule has 1 aromatic carbocycles. The zero-order chi connectivity index (χ0) is 19.8. The highest BCUT2D eigenvalue weighted by Crippen LogP contribution is 2.15. The van der Waals surface area contributed by atoms with Gasteiger partial charge in [-0.3, -0.25) is 9.78 Å². The van der Waals surface area contributed by atoms with E-state index in [1.54, 1.807) is 12.3 Å². The van der Waals surface area contributed by atoms with Crippen LogP contribution in [0.2, 0.25) is 5.02 Å². The minimum atomic E-state index is 0.0180. The number of likely N-dealkylation sites (N-methyl/N-ethyl adjacent to an activating group) is 1. The lowest BCUT2D eigenvalue weighted by molar-refractivity contribution is -0.150. The average molecular weight is 402 g/mol. The number of pyridine rings is 1. The van der Waals surface area contributed by atoms with Gasteiger partial charge in [0.1, 0.15) is 6.61 Å². The van der Waals surface area contributed by atoms with Gasteiger partial charge < -0.3 is 14.5 Å². The SMILES string of the molecule is CCN(CCc1ccccc1)CCC1CN(Cc2ccc(Cl)cn2)C(=O)CO1. The molecule has 1 unspecified atom stereocenters. The molecular formula is C22H28ClN3O2. The second-order valence-electron chi connectivity index (χ2n) is 7.13. The summed E-state index contributed by atoms with van der Waals surface area (Å²) in [7, 11) is 0. The van der Waals surface area contributed by atoms with Crippen LogP contribution in [0.5, 0.6) is 0 Å². The molecule has 1 aromatic heterocycles. The molecule has 0 spiro atoms. The van der Waals surface area contributed by atoms with Crippen LogP contribution in [0.3, 0.4) is 0 Å². The van der Waals surface area contributed by atoms with Crippen LogP contribution < -0.4 is 0 Å². The number of hydrogen-bond acceptors (Lipinski definition) is 4. The number of halogens is 1. The van der Waals surface area contributed by atoms with Crippen LogP contribution >= 0.6 is 11.6 Å². The highest BCUT2D eigenvalue weighted by molar-refractivity contribution is 6.30. The van der Waals surface area contributed by atoms with Gasteiger partial charge in [0.2, 0.25) is 5.91 Å². The molecule has 1 aliphatic heterocycles. The van der Waals surface area contributed by atoms with Gasteiger partial charge in [-0.15, -0.1) is 0 Å². The van der Waals surface area contributed by atoms with E-state index >= 15 is 0 Å². The normalized spacial score (nSPS) is 17.3. The lowest BCUT2D eigenvalue weighted by atomic mass is 10.1. The molecule has 0 bridgehead atoms. The Hall–Kier alpha value is -1.95. The summed E-state index contributed by atoms with van der Waals surface area (Å²) in [5.74, 6) is 0.0180. The van der Waals surface area contributed by atoms with E-state index in [0.29, 0.717) is 18.1 Å². The van der Waals surface area contributed by atoms with Crippen LogP contribution in [0.25, 0.3) is 0 Å². The molecule has 3 rings (SSSR count). The Balaban J connectivity index is 1.46. The first-order valence-electron chi connectivity index (χ1n) is 9.90. The number of ether oxygens (including phenoxy) is 1. The number of carbonyl (C=O) groups excluding carboxylic acids is 1. The van der Waals surface area contributed by atoms with Crippen molar-refractivity contribution in [3.63, 3.8) is 0 Å². The zero-order valence-corrected chi connectivity index (χ0v) is 17.1. The van der Waals surface area contributed by atoms with Gasteiger partial charge >= 0.3 is 0 Å². The first kappa shape index (κ1) is 20.8. The summed E-state index contributed by atoms with van der Waals surface area (Å²) >= 11 is 5.89. The lowest BCUT2D eigenvalue weighted by Gasteiger charge is -2.33. The van der Waals surface area contributed by atoms with E-state index in [0.717, 1.165) is 38.2 Å².